The monoisotopic (exact) mass is 338 g/mol. The molecule has 1 aromatic heterocycles. The smallest absolute Gasteiger partial charge is 0.408 e. The van der Waals surface area contributed by atoms with Gasteiger partial charge in [0.1, 0.15) is 11.6 Å². The van der Waals surface area contributed by atoms with Gasteiger partial charge >= 0.3 is 6.09 Å². The van der Waals surface area contributed by atoms with Crippen LogP contribution >= 0.6 is 11.3 Å². The van der Waals surface area contributed by atoms with E-state index in [1.807, 2.05) is 66.0 Å². The van der Waals surface area contributed by atoms with E-state index in [1.165, 1.54) is 11.3 Å². The molecule has 3 aromatic rings. The fourth-order valence-electron chi connectivity index (χ4n) is 2.36. The average Bonchev–Trinajstić information content (AvgIpc) is 3.16. The molecular formula is C19H18N2O2S. The molecule has 1 atom stereocenters. The first-order chi connectivity index (χ1) is 11.8. The van der Waals surface area contributed by atoms with Crippen LogP contribution in [0.4, 0.5) is 4.79 Å². The molecule has 1 N–H and O–H groups in total. The molecule has 0 aliphatic carbocycles. The highest BCUT2D eigenvalue weighted by Crippen LogP contribution is 2.20. The molecule has 0 spiro atoms. The Morgan fingerprint density at radius 2 is 1.71 bits per heavy atom. The number of thiazole rings is 1. The van der Waals surface area contributed by atoms with E-state index in [4.69, 9.17) is 4.74 Å². The standard InChI is InChI=1S/C19H18N2O2S/c22-19(23-14-16-9-5-2-6-10-16)21-17(18-20-11-12-24-18)13-15-7-3-1-4-8-15/h1-12,17H,13-14H2,(H,21,22)/t17-/m0/s1. The first kappa shape index (κ1) is 16.2. The zero-order chi connectivity index (χ0) is 16.6. The van der Waals surface area contributed by atoms with Crippen molar-refractivity contribution in [3.05, 3.63) is 88.4 Å². The molecule has 0 unspecified atom stereocenters. The molecule has 0 saturated heterocycles. The maximum atomic E-state index is 12.2. The third-order valence-electron chi connectivity index (χ3n) is 3.54. The molecule has 0 radical (unpaired) electrons. The van der Waals surface area contributed by atoms with E-state index >= 15 is 0 Å². The molecule has 1 amide bonds. The molecule has 0 saturated carbocycles. The molecular weight excluding hydrogens is 320 g/mol. The van der Waals surface area contributed by atoms with Gasteiger partial charge in [0, 0.05) is 11.6 Å². The summed E-state index contributed by atoms with van der Waals surface area (Å²) < 4.78 is 5.32. The first-order valence-corrected chi connectivity index (χ1v) is 8.60. The number of nitrogens with one attached hydrogen (secondary N) is 1. The summed E-state index contributed by atoms with van der Waals surface area (Å²) in [6.07, 6.45) is 1.99. The second-order valence-corrected chi connectivity index (χ2v) is 6.24. The maximum Gasteiger partial charge on any atom is 0.408 e. The third kappa shape index (κ3) is 4.67. The number of alkyl carbamates (subject to hydrolysis) is 1. The molecule has 0 bridgehead atoms. The number of nitrogens with zero attached hydrogens (tertiary/aromatic N) is 1. The number of benzene rings is 2. The minimum absolute atomic E-state index is 0.198. The predicted octanol–water partition coefficient (Wildman–Crippen LogP) is 4.35. The van der Waals surface area contributed by atoms with Crippen LogP contribution in [0.2, 0.25) is 0 Å². The van der Waals surface area contributed by atoms with Crippen LogP contribution in [0, 0.1) is 0 Å². The number of ether oxygens (including phenoxy) is 1. The lowest BCUT2D eigenvalue weighted by atomic mass is 10.1. The molecule has 0 fully saturated rings. The minimum Gasteiger partial charge on any atom is -0.445 e. The molecule has 2 aromatic carbocycles. The van der Waals surface area contributed by atoms with Gasteiger partial charge in [0.2, 0.25) is 0 Å². The predicted molar refractivity (Wildman–Crippen MR) is 94.8 cm³/mol. The van der Waals surface area contributed by atoms with Crippen LogP contribution in [-0.2, 0) is 17.8 Å². The minimum atomic E-state index is -0.435. The van der Waals surface area contributed by atoms with Gasteiger partial charge < -0.3 is 10.1 Å². The van der Waals surface area contributed by atoms with Crippen molar-refractivity contribution < 1.29 is 9.53 Å². The normalized spacial score (nSPS) is 11.7. The van der Waals surface area contributed by atoms with E-state index in [9.17, 15) is 4.79 Å². The van der Waals surface area contributed by atoms with Gasteiger partial charge in [0.05, 0.1) is 6.04 Å². The van der Waals surface area contributed by atoms with Crippen molar-refractivity contribution in [1.82, 2.24) is 10.3 Å². The van der Waals surface area contributed by atoms with E-state index in [1.54, 1.807) is 6.20 Å². The SMILES string of the molecule is O=C(N[C@@H](Cc1ccccc1)c1nccs1)OCc1ccccc1. The molecule has 122 valence electrons. The topological polar surface area (TPSA) is 51.2 Å². The number of amides is 1. The van der Waals surface area contributed by atoms with Crippen molar-refractivity contribution in [3.8, 4) is 0 Å². The van der Waals surface area contributed by atoms with Crippen LogP contribution < -0.4 is 5.32 Å². The fraction of sp³-hybridized carbons (Fsp3) is 0.158. The Balaban J connectivity index is 1.62. The summed E-state index contributed by atoms with van der Waals surface area (Å²) in [5.74, 6) is 0. The highest BCUT2D eigenvalue weighted by Gasteiger charge is 2.18. The van der Waals surface area contributed by atoms with Crippen molar-refractivity contribution in [1.29, 1.82) is 0 Å². The average molecular weight is 338 g/mol. The van der Waals surface area contributed by atoms with E-state index in [0.29, 0.717) is 6.42 Å². The quantitative estimate of drug-likeness (QED) is 0.727. The Kier molecular flexibility index (Phi) is 5.58. The van der Waals surface area contributed by atoms with Gasteiger partial charge in [-0.05, 0) is 17.5 Å². The van der Waals surface area contributed by atoms with Gasteiger partial charge in [0.25, 0.3) is 0 Å². The van der Waals surface area contributed by atoms with Crippen LogP contribution in [-0.4, -0.2) is 11.1 Å². The lowest BCUT2D eigenvalue weighted by molar-refractivity contribution is 0.135. The number of carbonyl (C=O) groups excluding carboxylic acids is 1. The van der Waals surface area contributed by atoms with Crippen molar-refractivity contribution in [2.75, 3.05) is 0 Å². The molecule has 1 heterocycles. The number of hydrogen-bond acceptors (Lipinski definition) is 4. The van der Waals surface area contributed by atoms with E-state index < -0.39 is 6.09 Å². The molecule has 5 heteroatoms. The maximum absolute atomic E-state index is 12.2. The largest absolute Gasteiger partial charge is 0.445 e. The molecule has 4 nitrogen and oxygen atoms in total. The van der Waals surface area contributed by atoms with Gasteiger partial charge in [-0.3, -0.25) is 0 Å². The van der Waals surface area contributed by atoms with Crippen LogP contribution in [0.25, 0.3) is 0 Å². The van der Waals surface area contributed by atoms with Crippen LogP contribution in [0.15, 0.2) is 72.2 Å². The Morgan fingerprint density at radius 1 is 1.04 bits per heavy atom. The fourth-order valence-corrected chi connectivity index (χ4v) is 3.05. The molecule has 0 aliphatic rings. The molecule has 3 rings (SSSR count). The van der Waals surface area contributed by atoms with Gasteiger partial charge in [-0.25, -0.2) is 9.78 Å². The lowest BCUT2D eigenvalue weighted by Crippen LogP contribution is -2.30. The lowest BCUT2D eigenvalue weighted by Gasteiger charge is -2.16. The Morgan fingerprint density at radius 3 is 2.33 bits per heavy atom. The highest BCUT2D eigenvalue weighted by molar-refractivity contribution is 7.09. The highest BCUT2D eigenvalue weighted by atomic mass is 32.1. The van der Waals surface area contributed by atoms with E-state index in [-0.39, 0.29) is 12.6 Å². The van der Waals surface area contributed by atoms with Gasteiger partial charge in [-0.2, -0.15) is 0 Å². The number of rotatable bonds is 6. The second kappa shape index (κ2) is 8.26. The summed E-state index contributed by atoms with van der Waals surface area (Å²) >= 11 is 1.53. The first-order valence-electron chi connectivity index (χ1n) is 7.72. The van der Waals surface area contributed by atoms with Crippen LogP contribution in [0.3, 0.4) is 0 Å². The van der Waals surface area contributed by atoms with Crippen molar-refractivity contribution >= 4 is 17.4 Å². The van der Waals surface area contributed by atoms with E-state index in [0.717, 1.165) is 16.1 Å². The molecule has 0 aliphatic heterocycles. The molecule has 24 heavy (non-hydrogen) atoms. The van der Waals surface area contributed by atoms with Gasteiger partial charge in [-0.15, -0.1) is 11.3 Å². The Bertz CT molecular complexity index is 746. The van der Waals surface area contributed by atoms with Crippen molar-refractivity contribution in [3.63, 3.8) is 0 Å². The third-order valence-corrected chi connectivity index (χ3v) is 4.43. The summed E-state index contributed by atoms with van der Waals surface area (Å²) in [5, 5.41) is 5.70. The Hall–Kier alpha value is -2.66. The second-order valence-electron chi connectivity index (χ2n) is 5.32. The summed E-state index contributed by atoms with van der Waals surface area (Å²) in [4.78, 5) is 16.5. The van der Waals surface area contributed by atoms with Gasteiger partial charge in [0.15, 0.2) is 0 Å². The Labute approximate surface area is 145 Å². The number of aromatic nitrogens is 1. The summed E-state index contributed by atoms with van der Waals surface area (Å²) in [5.41, 5.74) is 2.10. The number of carbonyl (C=O) groups is 1. The van der Waals surface area contributed by atoms with Crippen LogP contribution in [0.5, 0.6) is 0 Å². The summed E-state index contributed by atoms with van der Waals surface area (Å²) in [6, 6.07) is 19.5. The zero-order valence-corrected chi connectivity index (χ0v) is 13.9. The zero-order valence-electron chi connectivity index (χ0n) is 13.1. The van der Waals surface area contributed by atoms with E-state index in [2.05, 4.69) is 10.3 Å². The summed E-state index contributed by atoms with van der Waals surface area (Å²) in [7, 11) is 0. The number of hydrogen-bond donors (Lipinski definition) is 1. The van der Waals surface area contributed by atoms with Crippen molar-refractivity contribution in [2.45, 2.75) is 19.1 Å². The van der Waals surface area contributed by atoms with Gasteiger partial charge in [-0.1, -0.05) is 60.7 Å². The van der Waals surface area contributed by atoms with Crippen LogP contribution in [0.1, 0.15) is 22.2 Å². The summed E-state index contributed by atoms with van der Waals surface area (Å²) in [6.45, 7) is 0.253. The van der Waals surface area contributed by atoms with Crippen molar-refractivity contribution in [2.24, 2.45) is 0 Å².